The lowest BCUT2D eigenvalue weighted by atomic mass is 9.92. The summed E-state index contributed by atoms with van der Waals surface area (Å²) >= 11 is 0. The smallest absolute Gasteiger partial charge is 0.264 e. The van der Waals surface area contributed by atoms with E-state index in [0.717, 1.165) is 30.5 Å². The van der Waals surface area contributed by atoms with Gasteiger partial charge in [0.1, 0.15) is 0 Å². The fourth-order valence-corrected chi connectivity index (χ4v) is 5.23. The van der Waals surface area contributed by atoms with Crippen LogP contribution in [0.25, 0.3) is 0 Å². The maximum Gasteiger partial charge on any atom is 0.264 e. The van der Waals surface area contributed by atoms with Crippen LogP contribution in [0.2, 0.25) is 0 Å². The minimum atomic E-state index is -3.54. The number of nitrogens with one attached hydrogen (secondary N) is 1. The van der Waals surface area contributed by atoms with Crippen LogP contribution in [-0.2, 0) is 29.4 Å². The Morgan fingerprint density at radius 3 is 2.58 bits per heavy atom. The van der Waals surface area contributed by atoms with Gasteiger partial charge in [-0.15, -0.1) is 0 Å². The highest BCUT2D eigenvalue weighted by Gasteiger charge is 2.28. The van der Waals surface area contributed by atoms with Crippen LogP contribution in [0, 0.1) is 0 Å². The number of anilines is 1. The molecule has 0 aromatic heterocycles. The van der Waals surface area contributed by atoms with Crippen LogP contribution in [0.4, 0.5) is 5.69 Å². The molecular formula is C19H22N2O2S. The van der Waals surface area contributed by atoms with Gasteiger partial charge in [0.2, 0.25) is 0 Å². The summed E-state index contributed by atoms with van der Waals surface area (Å²) in [6, 6.07) is 13.4. The highest BCUT2D eigenvalue weighted by Crippen LogP contribution is 2.30. The molecule has 4 nitrogen and oxygen atoms in total. The van der Waals surface area contributed by atoms with Crippen molar-refractivity contribution in [3.63, 3.8) is 0 Å². The van der Waals surface area contributed by atoms with E-state index >= 15 is 0 Å². The topological polar surface area (TPSA) is 49.4 Å². The number of nitrogens with zero attached hydrogens (tertiary/aromatic N) is 1. The van der Waals surface area contributed by atoms with Gasteiger partial charge in [0.15, 0.2) is 0 Å². The molecule has 2 aliphatic rings. The lowest BCUT2D eigenvalue weighted by molar-refractivity contribution is 0.589. The highest BCUT2D eigenvalue weighted by molar-refractivity contribution is 7.92. The predicted molar refractivity (Wildman–Crippen MR) is 95.8 cm³/mol. The summed E-state index contributed by atoms with van der Waals surface area (Å²) in [6.45, 7) is 1.81. The van der Waals surface area contributed by atoms with Gasteiger partial charge >= 0.3 is 0 Å². The first-order chi connectivity index (χ1) is 11.7. The molecule has 0 saturated carbocycles. The van der Waals surface area contributed by atoms with Crippen molar-refractivity contribution in [3.8, 4) is 0 Å². The molecule has 24 heavy (non-hydrogen) atoms. The van der Waals surface area contributed by atoms with E-state index in [0.29, 0.717) is 24.5 Å². The summed E-state index contributed by atoms with van der Waals surface area (Å²) in [7, 11) is -3.54. The molecule has 1 N–H and O–H groups in total. The summed E-state index contributed by atoms with van der Waals surface area (Å²) < 4.78 is 28.1. The van der Waals surface area contributed by atoms with Gasteiger partial charge in [-0.25, -0.2) is 8.42 Å². The summed E-state index contributed by atoms with van der Waals surface area (Å²) in [6.07, 6.45) is 4.39. The van der Waals surface area contributed by atoms with Crippen molar-refractivity contribution < 1.29 is 8.42 Å². The van der Waals surface area contributed by atoms with Crippen LogP contribution in [0.5, 0.6) is 0 Å². The maximum atomic E-state index is 13.3. The number of para-hydroxylation sites is 1. The number of rotatable bonds is 2. The molecule has 1 aliphatic heterocycles. The third-order valence-corrected chi connectivity index (χ3v) is 6.78. The van der Waals surface area contributed by atoms with E-state index in [1.807, 2.05) is 36.4 Å². The Morgan fingerprint density at radius 1 is 0.917 bits per heavy atom. The lowest BCUT2D eigenvalue weighted by Gasteiger charge is -2.25. The third-order valence-electron chi connectivity index (χ3n) is 4.98. The molecule has 2 aromatic carbocycles. The van der Waals surface area contributed by atoms with E-state index in [1.54, 1.807) is 10.4 Å². The normalized spacial score (nSPS) is 17.8. The van der Waals surface area contributed by atoms with E-state index in [4.69, 9.17) is 0 Å². The summed E-state index contributed by atoms with van der Waals surface area (Å²) in [4.78, 5) is 0.417. The highest BCUT2D eigenvalue weighted by atomic mass is 32.2. The summed E-state index contributed by atoms with van der Waals surface area (Å²) in [5, 5.41) is 3.30. The first-order valence-corrected chi connectivity index (χ1v) is 10.0. The maximum absolute atomic E-state index is 13.3. The van der Waals surface area contributed by atoms with Crippen LogP contribution < -0.4 is 9.62 Å². The Hall–Kier alpha value is -1.85. The fourth-order valence-electron chi connectivity index (χ4n) is 3.67. The Balaban J connectivity index is 1.78. The quantitative estimate of drug-likeness (QED) is 0.913. The van der Waals surface area contributed by atoms with Gasteiger partial charge in [0.25, 0.3) is 10.0 Å². The average Bonchev–Trinajstić information content (AvgIpc) is 2.84. The van der Waals surface area contributed by atoms with E-state index in [9.17, 15) is 8.42 Å². The van der Waals surface area contributed by atoms with Gasteiger partial charge in [0, 0.05) is 19.6 Å². The second kappa shape index (κ2) is 6.22. The molecule has 0 unspecified atom stereocenters. The van der Waals surface area contributed by atoms with Gasteiger partial charge in [0.05, 0.1) is 10.6 Å². The fraction of sp³-hybridized carbons (Fsp3) is 0.368. The average molecular weight is 342 g/mol. The number of fused-ring (bicyclic) bond motifs is 2. The third kappa shape index (κ3) is 2.72. The van der Waals surface area contributed by atoms with Crippen molar-refractivity contribution in [1.29, 1.82) is 0 Å². The molecule has 2 aromatic rings. The minimum Gasteiger partial charge on any atom is -0.311 e. The number of sulfonamides is 1. The molecule has 0 atom stereocenters. The Morgan fingerprint density at radius 2 is 1.71 bits per heavy atom. The van der Waals surface area contributed by atoms with Crippen LogP contribution in [0.1, 0.15) is 29.5 Å². The molecule has 0 fully saturated rings. The molecule has 0 amide bonds. The van der Waals surface area contributed by atoms with Gasteiger partial charge in [-0.3, -0.25) is 4.31 Å². The molecular weight excluding hydrogens is 320 g/mol. The zero-order chi connectivity index (χ0) is 16.6. The van der Waals surface area contributed by atoms with E-state index in [1.165, 1.54) is 17.5 Å². The number of benzene rings is 2. The number of aryl methyl sites for hydroxylation is 2. The van der Waals surface area contributed by atoms with E-state index in [2.05, 4.69) is 5.32 Å². The van der Waals surface area contributed by atoms with Gasteiger partial charge in [-0.05, 0) is 60.6 Å². The Labute approximate surface area is 143 Å². The van der Waals surface area contributed by atoms with E-state index in [-0.39, 0.29) is 0 Å². The molecule has 5 heteroatoms. The van der Waals surface area contributed by atoms with Crippen LogP contribution >= 0.6 is 0 Å². The largest absolute Gasteiger partial charge is 0.311 e. The monoisotopic (exact) mass is 342 g/mol. The van der Waals surface area contributed by atoms with Crippen molar-refractivity contribution in [2.24, 2.45) is 0 Å². The molecule has 0 bridgehead atoms. The molecule has 0 spiro atoms. The van der Waals surface area contributed by atoms with Crippen molar-refractivity contribution in [2.75, 3.05) is 17.4 Å². The molecule has 1 heterocycles. The molecule has 4 rings (SSSR count). The van der Waals surface area contributed by atoms with Crippen molar-refractivity contribution in [2.45, 2.75) is 37.1 Å². The number of hydrogen-bond acceptors (Lipinski definition) is 3. The minimum absolute atomic E-state index is 0.417. The van der Waals surface area contributed by atoms with Crippen LogP contribution in [0.15, 0.2) is 47.4 Å². The van der Waals surface area contributed by atoms with Crippen LogP contribution in [-0.4, -0.2) is 21.5 Å². The SMILES string of the molecule is O=S(=O)(c1ccc2c(c1)CCCC2)N1CCNCc2ccccc21. The van der Waals surface area contributed by atoms with Crippen molar-refractivity contribution >= 4 is 15.7 Å². The number of hydrogen-bond donors (Lipinski definition) is 1. The second-order valence-corrected chi connectivity index (χ2v) is 8.38. The van der Waals surface area contributed by atoms with Crippen molar-refractivity contribution in [3.05, 3.63) is 59.2 Å². The first-order valence-electron chi connectivity index (χ1n) is 8.59. The standard InChI is InChI=1S/C19H22N2O2S/c22-24(23,18-10-9-15-5-1-2-6-16(15)13-18)21-12-11-20-14-17-7-3-4-8-19(17)21/h3-4,7-10,13,20H,1-2,5-6,11-12,14H2. The molecule has 0 saturated heterocycles. The lowest BCUT2D eigenvalue weighted by Crippen LogP contribution is -2.34. The zero-order valence-electron chi connectivity index (χ0n) is 13.7. The van der Waals surface area contributed by atoms with Crippen molar-refractivity contribution in [1.82, 2.24) is 5.32 Å². The molecule has 1 aliphatic carbocycles. The van der Waals surface area contributed by atoms with Crippen LogP contribution in [0.3, 0.4) is 0 Å². The molecule has 0 radical (unpaired) electrons. The van der Waals surface area contributed by atoms with Gasteiger partial charge in [-0.2, -0.15) is 0 Å². The van der Waals surface area contributed by atoms with Gasteiger partial charge in [-0.1, -0.05) is 24.3 Å². The Kier molecular flexibility index (Phi) is 4.06. The second-order valence-electron chi connectivity index (χ2n) is 6.52. The predicted octanol–water partition coefficient (Wildman–Crippen LogP) is 2.86. The van der Waals surface area contributed by atoms with E-state index < -0.39 is 10.0 Å². The molecule has 126 valence electrons. The summed E-state index contributed by atoms with van der Waals surface area (Å²) in [5.41, 5.74) is 4.32. The first kappa shape index (κ1) is 15.7. The zero-order valence-corrected chi connectivity index (χ0v) is 14.5. The van der Waals surface area contributed by atoms with Gasteiger partial charge < -0.3 is 5.32 Å². The Bertz CT molecular complexity index is 861. The summed E-state index contributed by atoms with van der Waals surface area (Å²) in [5.74, 6) is 0.